The SMILES string of the molecule is CCC[C@]1(c2ccccc2)NC(=O)N(CCSc2ccc(C)cc2)C1=O. The van der Waals surface area contributed by atoms with Gasteiger partial charge in [-0.2, -0.15) is 0 Å². The van der Waals surface area contributed by atoms with E-state index in [4.69, 9.17) is 0 Å². The second kappa shape index (κ2) is 7.96. The van der Waals surface area contributed by atoms with E-state index in [0.29, 0.717) is 18.7 Å². The predicted molar refractivity (Wildman–Crippen MR) is 105 cm³/mol. The van der Waals surface area contributed by atoms with Gasteiger partial charge in [-0.25, -0.2) is 4.79 Å². The number of carbonyl (C=O) groups is 2. The van der Waals surface area contributed by atoms with Gasteiger partial charge in [0.25, 0.3) is 5.91 Å². The summed E-state index contributed by atoms with van der Waals surface area (Å²) in [6, 6.07) is 17.5. The highest BCUT2D eigenvalue weighted by atomic mass is 32.2. The second-order valence-electron chi connectivity index (χ2n) is 6.57. The Bertz CT molecular complexity index is 776. The molecule has 1 saturated heterocycles. The lowest BCUT2D eigenvalue weighted by molar-refractivity contribution is -0.131. The maximum Gasteiger partial charge on any atom is 0.325 e. The summed E-state index contributed by atoms with van der Waals surface area (Å²) in [7, 11) is 0. The van der Waals surface area contributed by atoms with Crippen LogP contribution in [-0.4, -0.2) is 29.1 Å². The molecule has 136 valence electrons. The molecule has 3 amide bonds. The van der Waals surface area contributed by atoms with Gasteiger partial charge in [-0.15, -0.1) is 11.8 Å². The van der Waals surface area contributed by atoms with Gasteiger partial charge in [-0.3, -0.25) is 9.69 Å². The van der Waals surface area contributed by atoms with Crippen molar-refractivity contribution in [1.82, 2.24) is 10.2 Å². The van der Waals surface area contributed by atoms with Crippen molar-refractivity contribution in [3.05, 3.63) is 65.7 Å². The van der Waals surface area contributed by atoms with E-state index < -0.39 is 5.54 Å². The number of hydrogen-bond donors (Lipinski definition) is 1. The Labute approximate surface area is 159 Å². The van der Waals surface area contributed by atoms with Crippen molar-refractivity contribution < 1.29 is 9.59 Å². The molecule has 1 N–H and O–H groups in total. The summed E-state index contributed by atoms with van der Waals surface area (Å²) < 4.78 is 0. The molecular formula is C21H24N2O2S. The van der Waals surface area contributed by atoms with Crippen LogP contribution in [0.4, 0.5) is 4.79 Å². The second-order valence-corrected chi connectivity index (χ2v) is 7.74. The average Bonchev–Trinajstić information content (AvgIpc) is 2.89. The number of carbonyl (C=O) groups excluding carboxylic acids is 2. The monoisotopic (exact) mass is 368 g/mol. The van der Waals surface area contributed by atoms with Gasteiger partial charge in [-0.1, -0.05) is 61.4 Å². The third kappa shape index (κ3) is 3.63. The molecule has 0 spiro atoms. The number of urea groups is 1. The number of thioether (sulfide) groups is 1. The maximum atomic E-state index is 13.1. The number of nitrogens with one attached hydrogen (secondary N) is 1. The number of amides is 3. The van der Waals surface area contributed by atoms with E-state index in [1.807, 2.05) is 37.3 Å². The first-order valence-corrected chi connectivity index (χ1v) is 9.94. The van der Waals surface area contributed by atoms with Crippen LogP contribution in [0.15, 0.2) is 59.5 Å². The average molecular weight is 369 g/mol. The van der Waals surface area contributed by atoms with Crippen molar-refractivity contribution in [2.24, 2.45) is 0 Å². The molecule has 0 unspecified atom stereocenters. The van der Waals surface area contributed by atoms with Crippen molar-refractivity contribution in [2.45, 2.75) is 37.1 Å². The molecule has 0 aromatic heterocycles. The molecular weight excluding hydrogens is 344 g/mol. The number of rotatable bonds is 7. The molecule has 5 heteroatoms. The van der Waals surface area contributed by atoms with Gasteiger partial charge in [0, 0.05) is 17.2 Å². The van der Waals surface area contributed by atoms with Crippen LogP contribution in [0.1, 0.15) is 30.9 Å². The molecule has 0 aliphatic carbocycles. The molecule has 1 atom stereocenters. The van der Waals surface area contributed by atoms with Crippen LogP contribution in [0.25, 0.3) is 0 Å². The maximum absolute atomic E-state index is 13.1. The smallest absolute Gasteiger partial charge is 0.319 e. The Balaban J connectivity index is 1.72. The zero-order chi connectivity index (χ0) is 18.6. The summed E-state index contributed by atoms with van der Waals surface area (Å²) in [5.74, 6) is 0.541. The lowest BCUT2D eigenvalue weighted by Gasteiger charge is -2.27. The molecule has 0 saturated carbocycles. The summed E-state index contributed by atoms with van der Waals surface area (Å²) in [6.07, 6.45) is 1.41. The van der Waals surface area contributed by atoms with E-state index in [1.165, 1.54) is 10.5 Å². The summed E-state index contributed by atoms with van der Waals surface area (Å²) >= 11 is 1.66. The molecule has 1 aliphatic heterocycles. The lowest BCUT2D eigenvalue weighted by Crippen LogP contribution is -2.44. The van der Waals surface area contributed by atoms with Crippen LogP contribution in [0, 0.1) is 6.92 Å². The Morgan fingerprint density at radius 2 is 1.73 bits per heavy atom. The van der Waals surface area contributed by atoms with E-state index in [0.717, 1.165) is 16.9 Å². The van der Waals surface area contributed by atoms with Crippen LogP contribution >= 0.6 is 11.8 Å². The first kappa shape index (κ1) is 18.5. The minimum atomic E-state index is -0.929. The van der Waals surface area contributed by atoms with Gasteiger partial charge in [0.2, 0.25) is 0 Å². The Hall–Kier alpha value is -2.27. The normalized spacial score (nSPS) is 19.7. The van der Waals surface area contributed by atoms with Crippen molar-refractivity contribution in [1.29, 1.82) is 0 Å². The van der Waals surface area contributed by atoms with E-state index in [2.05, 4.69) is 36.5 Å². The molecule has 3 rings (SSSR count). The summed E-state index contributed by atoms with van der Waals surface area (Å²) in [5, 5.41) is 2.97. The van der Waals surface area contributed by atoms with Crippen molar-refractivity contribution in [3.63, 3.8) is 0 Å². The van der Waals surface area contributed by atoms with Gasteiger partial charge in [0.1, 0.15) is 5.54 Å². The number of benzene rings is 2. The lowest BCUT2D eigenvalue weighted by atomic mass is 9.85. The molecule has 0 radical (unpaired) electrons. The van der Waals surface area contributed by atoms with Crippen LogP contribution in [0.2, 0.25) is 0 Å². The Kier molecular flexibility index (Phi) is 5.67. The van der Waals surface area contributed by atoms with E-state index in [9.17, 15) is 9.59 Å². The fourth-order valence-corrected chi connectivity index (χ4v) is 4.16. The molecule has 1 heterocycles. The zero-order valence-corrected chi connectivity index (χ0v) is 16.0. The number of imide groups is 1. The predicted octanol–water partition coefficient (Wildman–Crippen LogP) is 4.33. The Morgan fingerprint density at radius 3 is 2.38 bits per heavy atom. The van der Waals surface area contributed by atoms with Crippen LogP contribution in [-0.2, 0) is 10.3 Å². The molecule has 0 bridgehead atoms. The van der Waals surface area contributed by atoms with E-state index in [-0.39, 0.29) is 11.9 Å². The van der Waals surface area contributed by atoms with Crippen molar-refractivity contribution in [3.8, 4) is 0 Å². The molecule has 26 heavy (non-hydrogen) atoms. The van der Waals surface area contributed by atoms with Gasteiger partial charge < -0.3 is 5.32 Å². The van der Waals surface area contributed by atoms with Crippen LogP contribution < -0.4 is 5.32 Å². The van der Waals surface area contributed by atoms with Gasteiger partial charge in [-0.05, 0) is 31.0 Å². The Morgan fingerprint density at radius 1 is 1.04 bits per heavy atom. The summed E-state index contributed by atoms with van der Waals surface area (Å²) in [4.78, 5) is 28.2. The van der Waals surface area contributed by atoms with Gasteiger partial charge >= 0.3 is 6.03 Å². The zero-order valence-electron chi connectivity index (χ0n) is 15.2. The summed E-state index contributed by atoms with van der Waals surface area (Å²) in [6.45, 7) is 4.49. The number of nitrogens with zero attached hydrogens (tertiary/aromatic N) is 1. The van der Waals surface area contributed by atoms with Gasteiger partial charge in [0.15, 0.2) is 0 Å². The minimum absolute atomic E-state index is 0.139. The van der Waals surface area contributed by atoms with Crippen LogP contribution in [0.5, 0.6) is 0 Å². The third-order valence-electron chi connectivity index (χ3n) is 4.67. The molecule has 2 aromatic rings. The topological polar surface area (TPSA) is 49.4 Å². The summed E-state index contributed by atoms with van der Waals surface area (Å²) in [5.41, 5.74) is 1.14. The quantitative estimate of drug-likeness (QED) is 0.584. The van der Waals surface area contributed by atoms with E-state index in [1.54, 1.807) is 11.8 Å². The number of hydrogen-bond acceptors (Lipinski definition) is 3. The standard InChI is InChI=1S/C21H24N2O2S/c1-3-13-21(17-7-5-4-6-8-17)19(24)23(20(25)22-21)14-15-26-18-11-9-16(2)10-12-18/h4-12H,3,13-15H2,1-2H3,(H,22,25)/t21-/m1/s1. The third-order valence-corrected chi connectivity index (χ3v) is 5.66. The largest absolute Gasteiger partial charge is 0.325 e. The highest BCUT2D eigenvalue weighted by Crippen LogP contribution is 2.33. The van der Waals surface area contributed by atoms with Crippen molar-refractivity contribution in [2.75, 3.05) is 12.3 Å². The highest BCUT2D eigenvalue weighted by molar-refractivity contribution is 7.99. The van der Waals surface area contributed by atoms with Crippen molar-refractivity contribution >= 4 is 23.7 Å². The van der Waals surface area contributed by atoms with Gasteiger partial charge in [0.05, 0.1) is 0 Å². The minimum Gasteiger partial charge on any atom is -0.319 e. The first-order chi connectivity index (χ1) is 12.6. The first-order valence-electron chi connectivity index (χ1n) is 8.96. The molecule has 1 fully saturated rings. The fraction of sp³-hybridized carbons (Fsp3) is 0.333. The molecule has 2 aromatic carbocycles. The number of aryl methyl sites for hydroxylation is 1. The van der Waals surface area contributed by atoms with Crippen LogP contribution in [0.3, 0.4) is 0 Å². The molecule has 1 aliphatic rings. The highest BCUT2D eigenvalue weighted by Gasteiger charge is 2.51. The van der Waals surface area contributed by atoms with E-state index >= 15 is 0 Å². The molecule has 4 nitrogen and oxygen atoms in total. The fourth-order valence-electron chi connectivity index (χ4n) is 3.33.